The van der Waals surface area contributed by atoms with Gasteiger partial charge in [0.25, 0.3) is 11.5 Å². The lowest BCUT2D eigenvalue weighted by molar-refractivity contribution is -0.122. The molecule has 7 heteroatoms. The lowest BCUT2D eigenvalue weighted by Gasteiger charge is -2.16. The third-order valence-electron chi connectivity index (χ3n) is 4.33. The Kier molecular flexibility index (Phi) is 6.03. The SMILES string of the molecule is Cc1cc(C)cc(NC(=O)[C@H](C)Oc2ccc(=O)n(-c3cc(Cl)ccc3C)n2)c1. The van der Waals surface area contributed by atoms with Gasteiger partial charge in [0.15, 0.2) is 6.10 Å². The van der Waals surface area contributed by atoms with E-state index in [1.807, 2.05) is 39.0 Å². The van der Waals surface area contributed by atoms with Crippen LogP contribution in [0.15, 0.2) is 53.3 Å². The highest BCUT2D eigenvalue weighted by Gasteiger charge is 2.17. The molecule has 0 aliphatic heterocycles. The Morgan fingerprint density at radius 1 is 1.07 bits per heavy atom. The van der Waals surface area contributed by atoms with Crippen molar-refractivity contribution >= 4 is 23.2 Å². The van der Waals surface area contributed by atoms with Crippen molar-refractivity contribution in [2.75, 3.05) is 5.32 Å². The number of anilines is 1. The van der Waals surface area contributed by atoms with Crippen molar-refractivity contribution < 1.29 is 9.53 Å². The van der Waals surface area contributed by atoms with E-state index < -0.39 is 6.10 Å². The number of nitrogens with zero attached hydrogens (tertiary/aromatic N) is 2. The zero-order chi connectivity index (χ0) is 21.1. The van der Waals surface area contributed by atoms with Gasteiger partial charge < -0.3 is 10.1 Å². The van der Waals surface area contributed by atoms with Gasteiger partial charge in [0.1, 0.15) is 0 Å². The molecule has 0 saturated carbocycles. The van der Waals surface area contributed by atoms with Crippen LogP contribution in [-0.4, -0.2) is 21.8 Å². The summed E-state index contributed by atoms with van der Waals surface area (Å²) in [7, 11) is 0. The zero-order valence-corrected chi connectivity index (χ0v) is 17.4. The van der Waals surface area contributed by atoms with Gasteiger partial charge >= 0.3 is 0 Å². The molecule has 6 nitrogen and oxygen atoms in total. The molecule has 0 bridgehead atoms. The van der Waals surface area contributed by atoms with Crippen molar-refractivity contribution in [3.05, 3.63) is 80.6 Å². The molecule has 2 aromatic carbocycles. The van der Waals surface area contributed by atoms with Crippen LogP contribution in [0.25, 0.3) is 5.69 Å². The van der Waals surface area contributed by atoms with E-state index in [4.69, 9.17) is 16.3 Å². The number of hydrogen-bond acceptors (Lipinski definition) is 4. The Hall–Kier alpha value is -3.12. The van der Waals surface area contributed by atoms with Crippen LogP contribution in [0.2, 0.25) is 5.02 Å². The lowest BCUT2D eigenvalue weighted by Crippen LogP contribution is -2.31. The number of aryl methyl sites for hydroxylation is 3. The fraction of sp³-hybridized carbons (Fsp3) is 0.227. The summed E-state index contributed by atoms with van der Waals surface area (Å²) in [5.74, 6) is -0.152. The van der Waals surface area contributed by atoms with Gasteiger partial charge in [-0.15, -0.1) is 5.10 Å². The molecule has 0 radical (unpaired) electrons. The maximum atomic E-state index is 12.5. The monoisotopic (exact) mass is 411 g/mol. The highest BCUT2D eigenvalue weighted by molar-refractivity contribution is 6.30. The molecule has 0 spiro atoms. The molecular formula is C22H22ClN3O3. The van der Waals surface area contributed by atoms with E-state index in [0.29, 0.717) is 16.4 Å². The Bertz CT molecular complexity index is 1100. The van der Waals surface area contributed by atoms with E-state index >= 15 is 0 Å². The molecule has 1 amide bonds. The zero-order valence-electron chi connectivity index (χ0n) is 16.7. The van der Waals surface area contributed by atoms with Crippen LogP contribution in [0.1, 0.15) is 23.6 Å². The fourth-order valence-electron chi connectivity index (χ4n) is 2.97. The summed E-state index contributed by atoms with van der Waals surface area (Å²) in [4.78, 5) is 24.8. The smallest absolute Gasteiger partial charge is 0.271 e. The van der Waals surface area contributed by atoms with Crippen LogP contribution in [0.4, 0.5) is 5.69 Å². The first-order valence-corrected chi connectivity index (χ1v) is 9.53. The van der Waals surface area contributed by atoms with Crippen molar-refractivity contribution in [2.45, 2.75) is 33.8 Å². The molecular weight excluding hydrogens is 390 g/mol. The predicted octanol–water partition coefficient (Wildman–Crippen LogP) is 4.22. The van der Waals surface area contributed by atoms with Crippen molar-refractivity contribution in [3.63, 3.8) is 0 Å². The van der Waals surface area contributed by atoms with E-state index in [1.165, 1.54) is 16.8 Å². The van der Waals surface area contributed by atoms with Crippen LogP contribution in [0.5, 0.6) is 5.88 Å². The number of nitrogens with one attached hydrogen (secondary N) is 1. The second kappa shape index (κ2) is 8.49. The first-order chi connectivity index (χ1) is 13.7. The number of halogens is 1. The minimum Gasteiger partial charge on any atom is -0.463 e. The molecule has 150 valence electrons. The number of carbonyl (C=O) groups excluding carboxylic acids is 1. The van der Waals surface area contributed by atoms with Crippen molar-refractivity contribution in [3.8, 4) is 11.6 Å². The molecule has 0 fully saturated rings. The van der Waals surface area contributed by atoms with Crippen LogP contribution < -0.4 is 15.6 Å². The highest BCUT2D eigenvalue weighted by atomic mass is 35.5. The standard InChI is InChI=1S/C22H22ClN3O3/c1-13-9-14(2)11-18(10-13)24-22(28)16(4)29-20-7-8-21(27)26(25-20)19-12-17(23)6-5-15(19)3/h5-12,16H,1-4H3,(H,24,28)/t16-/m0/s1. The van der Waals surface area contributed by atoms with Gasteiger partial charge in [-0.3, -0.25) is 9.59 Å². The maximum absolute atomic E-state index is 12.5. The summed E-state index contributed by atoms with van der Waals surface area (Å²) >= 11 is 6.06. The second-order valence-corrected chi connectivity index (χ2v) is 7.41. The Morgan fingerprint density at radius 3 is 2.45 bits per heavy atom. The number of hydrogen-bond donors (Lipinski definition) is 1. The number of amides is 1. The van der Waals surface area contributed by atoms with Gasteiger partial charge in [0, 0.05) is 22.8 Å². The van der Waals surface area contributed by atoms with Gasteiger partial charge in [-0.05, 0) is 68.7 Å². The van der Waals surface area contributed by atoms with Gasteiger partial charge in [-0.25, -0.2) is 0 Å². The fourth-order valence-corrected chi connectivity index (χ4v) is 3.13. The summed E-state index contributed by atoms with van der Waals surface area (Å²) in [6.45, 7) is 7.41. The third-order valence-corrected chi connectivity index (χ3v) is 4.57. The molecule has 0 unspecified atom stereocenters. The molecule has 1 aromatic heterocycles. The van der Waals surface area contributed by atoms with Crippen LogP contribution in [0.3, 0.4) is 0 Å². The van der Waals surface area contributed by atoms with E-state index in [9.17, 15) is 9.59 Å². The van der Waals surface area contributed by atoms with Crippen LogP contribution >= 0.6 is 11.6 Å². The first-order valence-electron chi connectivity index (χ1n) is 9.15. The van der Waals surface area contributed by atoms with Crippen molar-refractivity contribution in [1.82, 2.24) is 9.78 Å². The van der Waals surface area contributed by atoms with Crippen molar-refractivity contribution in [2.24, 2.45) is 0 Å². The van der Waals surface area contributed by atoms with E-state index in [-0.39, 0.29) is 17.3 Å². The highest BCUT2D eigenvalue weighted by Crippen LogP contribution is 2.19. The summed E-state index contributed by atoms with van der Waals surface area (Å²) in [6.07, 6.45) is -0.810. The Labute approximate surface area is 174 Å². The van der Waals surface area contributed by atoms with Crippen LogP contribution in [0, 0.1) is 20.8 Å². The lowest BCUT2D eigenvalue weighted by atomic mass is 10.1. The summed E-state index contributed by atoms with van der Waals surface area (Å²) < 4.78 is 6.89. The molecule has 0 saturated heterocycles. The summed E-state index contributed by atoms with van der Waals surface area (Å²) in [5.41, 5.74) is 3.88. The number of benzene rings is 2. The normalized spacial score (nSPS) is 11.8. The van der Waals surface area contributed by atoms with E-state index in [2.05, 4.69) is 10.4 Å². The number of aromatic nitrogens is 2. The topological polar surface area (TPSA) is 73.2 Å². The maximum Gasteiger partial charge on any atom is 0.271 e. The number of rotatable bonds is 5. The average molecular weight is 412 g/mol. The second-order valence-electron chi connectivity index (χ2n) is 6.98. The Balaban J connectivity index is 1.80. The van der Waals surface area contributed by atoms with Crippen molar-refractivity contribution in [1.29, 1.82) is 0 Å². The predicted molar refractivity (Wildman–Crippen MR) is 114 cm³/mol. The van der Waals surface area contributed by atoms with E-state index in [0.717, 1.165) is 16.7 Å². The summed E-state index contributed by atoms with van der Waals surface area (Å²) in [5, 5.41) is 7.58. The largest absolute Gasteiger partial charge is 0.463 e. The van der Waals surface area contributed by atoms with Gasteiger partial charge in [0.2, 0.25) is 5.88 Å². The number of ether oxygens (including phenoxy) is 1. The minimum atomic E-state index is -0.810. The molecule has 3 aromatic rings. The van der Waals surface area contributed by atoms with Gasteiger partial charge in [0.05, 0.1) is 5.69 Å². The molecule has 3 rings (SSSR count). The van der Waals surface area contributed by atoms with E-state index in [1.54, 1.807) is 25.1 Å². The molecule has 1 atom stereocenters. The molecule has 0 aliphatic carbocycles. The van der Waals surface area contributed by atoms with Crippen LogP contribution in [-0.2, 0) is 4.79 Å². The molecule has 29 heavy (non-hydrogen) atoms. The quantitative estimate of drug-likeness (QED) is 0.682. The number of carbonyl (C=O) groups is 1. The Morgan fingerprint density at radius 2 is 1.76 bits per heavy atom. The minimum absolute atomic E-state index is 0.159. The third kappa shape index (κ3) is 5.03. The van der Waals surface area contributed by atoms with Gasteiger partial charge in [-0.2, -0.15) is 4.68 Å². The molecule has 0 aliphatic rings. The van der Waals surface area contributed by atoms with Gasteiger partial charge in [-0.1, -0.05) is 23.7 Å². The molecule has 1 heterocycles. The summed E-state index contributed by atoms with van der Waals surface area (Å²) in [6, 6.07) is 13.8. The molecule has 1 N–H and O–H groups in total. The average Bonchev–Trinajstić information content (AvgIpc) is 2.64. The first kappa shape index (κ1) is 20.6.